The minimum absolute atomic E-state index is 0.119. The van der Waals surface area contributed by atoms with Crippen LogP contribution >= 0.6 is 11.6 Å². The molecular weight excluding hydrogens is 190 g/mol. The van der Waals surface area contributed by atoms with Gasteiger partial charge in [0.2, 0.25) is 0 Å². The molecule has 0 radical (unpaired) electrons. The van der Waals surface area contributed by atoms with E-state index in [1.807, 2.05) is 0 Å². The molecule has 0 fully saturated rings. The SMILES string of the molecule is COc1ccc([C@@H](N)CO)c(Cl)c1. The van der Waals surface area contributed by atoms with Gasteiger partial charge >= 0.3 is 0 Å². The van der Waals surface area contributed by atoms with Crippen LogP contribution < -0.4 is 10.5 Å². The van der Waals surface area contributed by atoms with Gasteiger partial charge in [0.15, 0.2) is 0 Å². The van der Waals surface area contributed by atoms with Crippen LogP contribution in [0.15, 0.2) is 18.2 Å². The van der Waals surface area contributed by atoms with Crippen molar-refractivity contribution in [2.75, 3.05) is 13.7 Å². The number of hydrogen-bond acceptors (Lipinski definition) is 3. The average molecular weight is 202 g/mol. The summed E-state index contributed by atoms with van der Waals surface area (Å²) >= 11 is 5.91. The molecule has 1 aromatic rings. The van der Waals surface area contributed by atoms with E-state index in [2.05, 4.69) is 0 Å². The Balaban J connectivity index is 2.98. The summed E-state index contributed by atoms with van der Waals surface area (Å²) in [6, 6.07) is 4.75. The van der Waals surface area contributed by atoms with Crippen LogP contribution in [0.2, 0.25) is 5.02 Å². The third-order valence-electron chi connectivity index (χ3n) is 1.80. The highest BCUT2D eigenvalue weighted by Gasteiger charge is 2.09. The Labute approximate surface area is 82.1 Å². The Morgan fingerprint density at radius 1 is 1.62 bits per heavy atom. The zero-order chi connectivity index (χ0) is 9.84. The second kappa shape index (κ2) is 4.46. The van der Waals surface area contributed by atoms with Crippen molar-refractivity contribution in [2.45, 2.75) is 6.04 Å². The molecule has 13 heavy (non-hydrogen) atoms. The van der Waals surface area contributed by atoms with Gasteiger partial charge in [-0.2, -0.15) is 0 Å². The second-order valence-corrected chi connectivity index (χ2v) is 3.08. The zero-order valence-electron chi connectivity index (χ0n) is 7.33. The van der Waals surface area contributed by atoms with E-state index in [9.17, 15) is 0 Å². The Morgan fingerprint density at radius 3 is 2.77 bits per heavy atom. The third kappa shape index (κ3) is 2.34. The van der Waals surface area contributed by atoms with Crippen LogP contribution in [-0.4, -0.2) is 18.8 Å². The maximum atomic E-state index is 8.82. The summed E-state index contributed by atoms with van der Waals surface area (Å²) in [4.78, 5) is 0. The fraction of sp³-hybridized carbons (Fsp3) is 0.333. The van der Waals surface area contributed by atoms with Gasteiger partial charge < -0.3 is 15.6 Å². The molecule has 0 unspecified atom stereocenters. The molecule has 0 spiro atoms. The fourth-order valence-corrected chi connectivity index (χ4v) is 1.34. The first kappa shape index (κ1) is 10.3. The van der Waals surface area contributed by atoms with Crippen LogP contribution in [0.1, 0.15) is 11.6 Å². The van der Waals surface area contributed by atoms with E-state index in [4.69, 9.17) is 27.2 Å². The molecule has 0 saturated heterocycles. The van der Waals surface area contributed by atoms with E-state index >= 15 is 0 Å². The van der Waals surface area contributed by atoms with Crippen molar-refractivity contribution in [3.8, 4) is 5.75 Å². The Morgan fingerprint density at radius 2 is 2.31 bits per heavy atom. The van der Waals surface area contributed by atoms with Crippen molar-refractivity contribution in [2.24, 2.45) is 5.73 Å². The first-order chi connectivity index (χ1) is 6.19. The Kier molecular flexibility index (Phi) is 3.54. The minimum atomic E-state index is -0.432. The van der Waals surface area contributed by atoms with E-state index in [1.54, 1.807) is 25.3 Å². The van der Waals surface area contributed by atoms with Crippen LogP contribution in [0.5, 0.6) is 5.75 Å². The summed E-state index contributed by atoms with van der Waals surface area (Å²) < 4.78 is 4.98. The highest BCUT2D eigenvalue weighted by molar-refractivity contribution is 6.31. The number of benzene rings is 1. The van der Waals surface area contributed by atoms with Crippen molar-refractivity contribution in [1.29, 1.82) is 0 Å². The van der Waals surface area contributed by atoms with Crippen LogP contribution in [-0.2, 0) is 0 Å². The van der Waals surface area contributed by atoms with E-state index in [1.165, 1.54) is 0 Å². The lowest BCUT2D eigenvalue weighted by Gasteiger charge is -2.11. The van der Waals surface area contributed by atoms with Gasteiger partial charge in [-0.1, -0.05) is 17.7 Å². The molecule has 0 aliphatic heterocycles. The number of aliphatic hydroxyl groups is 1. The number of halogens is 1. The smallest absolute Gasteiger partial charge is 0.120 e. The maximum Gasteiger partial charge on any atom is 0.120 e. The molecule has 3 nitrogen and oxygen atoms in total. The minimum Gasteiger partial charge on any atom is -0.497 e. The summed E-state index contributed by atoms with van der Waals surface area (Å²) in [6.07, 6.45) is 0. The number of nitrogens with two attached hydrogens (primary N) is 1. The molecule has 1 rings (SSSR count). The van der Waals surface area contributed by atoms with E-state index in [0.717, 1.165) is 5.56 Å². The summed E-state index contributed by atoms with van der Waals surface area (Å²) in [5, 5.41) is 9.34. The van der Waals surface area contributed by atoms with Gasteiger partial charge in [-0.05, 0) is 17.7 Å². The molecule has 0 aliphatic carbocycles. The number of hydrogen-bond donors (Lipinski definition) is 2. The summed E-state index contributed by atoms with van der Waals surface area (Å²) in [7, 11) is 1.57. The molecule has 3 N–H and O–H groups in total. The third-order valence-corrected chi connectivity index (χ3v) is 2.13. The van der Waals surface area contributed by atoms with Gasteiger partial charge in [0, 0.05) is 5.02 Å². The van der Waals surface area contributed by atoms with Crippen molar-refractivity contribution < 1.29 is 9.84 Å². The summed E-state index contributed by atoms with van der Waals surface area (Å²) in [5.41, 5.74) is 6.34. The first-order valence-corrected chi connectivity index (χ1v) is 4.26. The molecule has 4 heteroatoms. The highest BCUT2D eigenvalue weighted by atomic mass is 35.5. The van der Waals surface area contributed by atoms with Crippen LogP contribution in [0.3, 0.4) is 0 Å². The van der Waals surface area contributed by atoms with Gasteiger partial charge in [0.1, 0.15) is 5.75 Å². The van der Waals surface area contributed by atoms with E-state index < -0.39 is 6.04 Å². The van der Waals surface area contributed by atoms with Crippen molar-refractivity contribution in [3.63, 3.8) is 0 Å². The molecule has 1 aromatic carbocycles. The van der Waals surface area contributed by atoms with Gasteiger partial charge in [-0.15, -0.1) is 0 Å². The number of rotatable bonds is 3. The monoisotopic (exact) mass is 201 g/mol. The number of methoxy groups -OCH3 is 1. The normalized spacial score (nSPS) is 12.6. The molecule has 0 amide bonds. The average Bonchev–Trinajstić information content (AvgIpc) is 2.16. The molecule has 0 heterocycles. The zero-order valence-corrected chi connectivity index (χ0v) is 8.08. The van der Waals surface area contributed by atoms with Gasteiger partial charge in [0.25, 0.3) is 0 Å². The molecular formula is C9H12ClNO2. The van der Waals surface area contributed by atoms with Gasteiger partial charge in [-0.25, -0.2) is 0 Å². The lowest BCUT2D eigenvalue weighted by Crippen LogP contribution is -2.14. The second-order valence-electron chi connectivity index (χ2n) is 2.68. The standard InChI is InChI=1S/C9H12ClNO2/c1-13-6-2-3-7(8(10)4-6)9(11)5-12/h2-4,9,12H,5,11H2,1H3/t9-/m0/s1. The first-order valence-electron chi connectivity index (χ1n) is 3.89. The maximum absolute atomic E-state index is 8.82. The number of aliphatic hydroxyl groups excluding tert-OH is 1. The topological polar surface area (TPSA) is 55.5 Å². The Bertz CT molecular complexity index is 291. The fourth-order valence-electron chi connectivity index (χ4n) is 1.03. The molecule has 0 aliphatic rings. The largest absolute Gasteiger partial charge is 0.497 e. The highest BCUT2D eigenvalue weighted by Crippen LogP contribution is 2.25. The van der Waals surface area contributed by atoms with E-state index in [0.29, 0.717) is 10.8 Å². The molecule has 0 bridgehead atoms. The van der Waals surface area contributed by atoms with Crippen molar-refractivity contribution in [3.05, 3.63) is 28.8 Å². The lowest BCUT2D eigenvalue weighted by molar-refractivity contribution is 0.268. The lowest BCUT2D eigenvalue weighted by atomic mass is 10.1. The summed E-state index contributed by atoms with van der Waals surface area (Å²) in [6.45, 7) is -0.119. The molecule has 0 saturated carbocycles. The van der Waals surface area contributed by atoms with Crippen LogP contribution in [0, 0.1) is 0 Å². The molecule has 72 valence electrons. The van der Waals surface area contributed by atoms with Crippen molar-refractivity contribution >= 4 is 11.6 Å². The predicted molar refractivity (Wildman–Crippen MR) is 52.0 cm³/mol. The molecule has 1 atom stereocenters. The van der Waals surface area contributed by atoms with Crippen LogP contribution in [0.4, 0.5) is 0 Å². The van der Waals surface area contributed by atoms with Crippen molar-refractivity contribution in [1.82, 2.24) is 0 Å². The predicted octanol–water partition coefficient (Wildman–Crippen LogP) is 1.34. The van der Waals surface area contributed by atoms with Gasteiger partial charge in [-0.3, -0.25) is 0 Å². The van der Waals surface area contributed by atoms with E-state index in [-0.39, 0.29) is 6.61 Å². The molecule has 0 aromatic heterocycles. The number of ether oxygens (including phenoxy) is 1. The quantitative estimate of drug-likeness (QED) is 0.776. The Hall–Kier alpha value is -0.770. The van der Waals surface area contributed by atoms with Gasteiger partial charge in [0.05, 0.1) is 19.8 Å². The summed E-state index contributed by atoms with van der Waals surface area (Å²) in [5.74, 6) is 0.680. The van der Waals surface area contributed by atoms with Crippen LogP contribution in [0.25, 0.3) is 0 Å².